The van der Waals surface area contributed by atoms with Crippen LogP contribution in [-0.4, -0.2) is 42.5 Å². The third kappa shape index (κ3) is 5.03. The normalized spacial score (nSPS) is 33.6. The van der Waals surface area contributed by atoms with Crippen molar-refractivity contribution in [3.8, 4) is 0 Å². The van der Waals surface area contributed by atoms with Crippen molar-refractivity contribution < 1.29 is 4.79 Å². The molecule has 6 heteroatoms. The summed E-state index contributed by atoms with van der Waals surface area (Å²) in [4.78, 5) is 15.3. The summed E-state index contributed by atoms with van der Waals surface area (Å²) < 4.78 is 0. The number of nitrogens with two attached hydrogens (primary N) is 1. The van der Waals surface area contributed by atoms with Gasteiger partial charge in [0.15, 0.2) is 0 Å². The van der Waals surface area contributed by atoms with Gasteiger partial charge in [-0.05, 0) is 68.9 Å². The molecule has 2 saturated carbocycles. The van der Waals surface area contributed by atoms with Gasteiger partial charge in [-0.15, -0.1) is 24.8 Å². The van der Waals surface area contributed by atoms with Gasteiger partial charge in [0.1, 0.15) is 0 Å². The van der Waals surface area contributed by atoms with Crippen molar-refractivity contribution in [3.05, 3.63) is 0 Å². The zero-order valence-electron chi connectivity index (χ0n) is 15.9. The third-order valence-electron chi connectivity index (χ3n) is 6.83. The zero-order valence-corrected chi connectivity index (χ0v) is 17.6. The van der Waals surface area contributed by atoms with E-state index in [9.17, 15) is 4.79 Å². The highest BCUT2D eigenvalue weighted by Crippen LogP contribution is 2.47. The van der Waals surface area contributed by atoms with Gasteiger partial charge in [-0.1, -0.05) is 20.8 Å². The second-order valence-electron chi connectivity index (χ2n) is 8.71. The van der Waals surface area contributed by atoms with Gasteiger partial charge in [-0.25, -0.2) is 0 Å². The van der Waals surface area contributed by atoms with E-state index in [1.54, 1.807) is 0 Å². The summed E-state index contributed by atoms with van der Waals surface area (Å²) in [5.41, 5.74) is 6.32. The van der Waals surface area contributed by atoms with Crippen LogP contribution in [-0.2, 0) is 4.79 Å². The monoisotopic (exact) mass is 393 g/mol. The van der Waals surface area contributed by atoms with Crippen LogP contribution in [0.4, 0.5) is 0 Å². The summed E-state index contributed by atoms with van der Waals surface area (Å²) in [5.74, 6) is 2.85. The van der Waals surface area contributed by atoms with Crippen LogP contribution in [0.15, 0.2) is 0 Å². The fourth-order valence-corrected chi connectivity index (χ4v) is 5.19. The number of fused-ring (bicyclic) bond motifs is 2. The summed E-state index contributed by atoms with van der Waals surface area (Å²) >= 11 is 0. The van der Waals surface area contributed by atoms with Gasteiger partial charge in [-0.3, -0.25) is 9.69 Å². The highest BCUT2D eigenvalue weighted by atomic mass is 35.5. The average Bonchev–Trinajstić information content (AvgIpc) is 3.09. The van der Waals surface area contributed by atoms with E-state index in [2.05, 4.69) is 31.0 Å². The molecular weight excluding hydrogens is 357 g/mol. The zero-order chi connectivity index (χ0) is 16.6. The summed E-state index contributed by atoms with van der Waals surface area (Å²) in [5, 5.41) is 3.27. The number of halogens is 2. The number of hydrogen-bond acceptors (Lipinski definition) is 3. The molecule has 5 atom stereocenters. The first-order valence-corrected chi connectivity index (χ1v) is 9.74. The Labute approximate surface area is 165 Å². The molecule has 1 heterocycles. The van der Waals surface area contributed by atoms with Crippen LogP contribution in [0.25, 0.3) is 0 Å². The van der Waals surface area contributed by atoms with Crippen LogP contribution in [0.3, 0.4) is 0 Å². The second-order valence-corrected chi connectivity index (χ2v) is 8.71. The lowest BCUT2D eigenvalue weighted by Crippen LogP contribution is -2.52. The van der Waals surface area contributed by atoms with Crippen LogP contribution in [0.5, 0.6) is 0 Å². The maximum atomic E-state index is 12.7. The van der Waals surface area contributed by atoms with Gasteiger partial charge in [0.05, 0.1) is 5.92 Å². The quantitative estimate of drug-likeness (QED) is 0.754. The van der Waals surface area contributed by atoms with Gasteiger partial charge in [0.2, 0.25) is 5.91 Å². The average molecular weight is 394 g/mol. The van der Waals surface area contributed by atoms with Crippen molar-refractivity contribution in [1.82, 2.24) is 10.2 Å². The van der Waals surface area contributed by atoms with E-state index in [1.165, 1.54) is 45.2 Å². The van der Waals surface area contributed by atoms with E-state index in [4.69, 9.17) is 5.73 Å². The molecule has 3 fully saturated rings. The van der Waals surface area contributed by atoms with E-state index in [0.29, 0.717) is 23.8 Å². The maximum Gasteiger partial charge on any atom is 0.225 e. The van der Waals surface area contributed by atoms with Crippen LogP contribution in [0.1, 0.15) is 52.9 Å². The Bertz CT molecular complexity index is 425. The van der Waals surface area contributed by atoms with Gasteiger partial charge in [0, 0.05) is 18.6 Å². The van der Waals surface area contributed by atoms with Crippen molar-refractivity contribution >= 4 is 30.7 Å². The standard InChI is InChI=1S/C19H35N3O.2ClH/c1-12(2)16(22-8-6-13(3)7-9-22)11-21-19(23)17-14-4-5-15(10-14)18(17)20;;/h12-18H,4-11,20H2,1-3H3,(H,21,23);2*1H. The number of nitrogens with one attached hydrogen (secondary N) is 1. The maximum absolute atomic E-state index is 12.7. The number of carbonyl (C=O) groups excluding carboxylic acids is 1. The first-order valence-electron chi connectivity index (χ1n) is 9.74. The summed E-state index contributed by atoms with van der Waals surface area (Å²) in [6, 6.07) is 0.559. The summed E-state index contributed by atoms with van der Waals surface area (Å²) in [6.45, 7) is 10.0. The highest BCUT2D eigenvalue weighted by molar-refractivity contribution is 5.85. The topological polar surface area (TPSA) is 58.4 Å². The Morgan fingerprint density at radius 2 is 1.72 bits per heavy atom. The molecule has 4 nitrogen and oxygen atoms in total. The predicted octanol–water partition coefficient (Wildman–Crippen LogP) is 3.08. The Hall–Kier alpha value is -0.0300. The van der Waals surface area contributed by atoms with Crippen molar-refractivity contribution in [2.45, 2.75) is 65.0 Å². The lowest BCUT2D eigenvalue weighted by Gasteiger charge is -2.39. The molecule has 2 aliphatic carbocycles. The number of hydrogen-bond donors (Lipinski definition) is 2. The molecule has 0 aromatic rings. The third-order valence-corrected chi connectivity index (χ3v) is 6.83. The molecule has 3 aliphatic rings. The van der Waals surface area contributed by atoms with Crippen molar-refractivity contribution in [1.29, 1.82) is 0 Å². The molecule has 5 unspecified atom stereocenters. The second kappa shape index (κ2) is 9.77. The number of nitrogens with zero attached hydrogens (tertiary/aromatic N) is 1. The Morgan fingerprint density at radius 3 is 2.24 bits per heavy atom. The Morgan fingerprint density at radius 1 is 1.12 bits per heavy atom. The summed E-state index contributed by atoms with van der Waals surface area (Å²) in [7, 11) is 0. The molecule has 1 saturated heterocycles. The molecule has 0 spiro atoms. The van der Waals surface area contributed by atoms with Gasteiger partial charge in [0.25, 0.3) is 0 Å². The SMILES string of the molecule is CC1CCN(C(CNC(=O)C2C3CCC(C3)C2N)C(C)C)CC1.Cl.Cl. The first-order chi connectivity index (χ1) is 11.0. The first kappa shape index (κ1) is 23.0. The minimum atomic E-state index is 0. The molecule has 0 radical (unpaired) electrons. The molecule has 148 valence electrons. The molecule has 3 rings (SSSR count). The van der Waals surface area contributed by atoms with E-state index in [-0.39, 0.29) is 42.7 Å². The molecular formula is C19H37Cl2N3O. The van der Waals surface area contributed by atoms with E-state index in [1.807, 2.05) is 0 Å². The minimum absolute atomic E-state index is 0. The number of piperidine rings is 1. The fourth-order valence-electron chi connectivity index (χ4n) is 5.19. The summed E-state index contributed by atoms with van der Waals surface area (Å²) in [6.07, 6.45) is 6.18. The van der Waals surface area contributed by atoms with Crippen molar-refractivity contribution in [2.24, 2.45) is 35.3 Å². The highest BCUT2D eigenvalue weighted by Gasteiger charge is 2.49. The van der Waals surface area contributed by atoms with E-state index in [0.717, 1.165) is 12.5 Å². The fraction of sp³-hybridized carbons (Fsp3) is 0.947. The lowest BCUT2D eigenvalue weighted by atomic mass is 9.84. The lowest BCUT2D eigenvalue weighted by molar-refractivity contribution is -0.127. The number of rotatable bonds is 5. The van der Waals surface area contributed by atoms with Crippen LogP contribution >= 0.6 is 24.8 Å². The molecule has 1 amide bonds. The number of amides is 1. The molecule has 0 aromatic heterocycles. The molecule has 25 heavy (non-hydrogen) atoms. The predicted molar refractivity (Wildman–Crippen MR) is 108 cm³/mol. The smallest absolute Gasteiger partial charge is 0.225 e. The van der Waals surface area contributed by atoms with Crippen molar-refractivity contribution in [2.75, 3.05) is 19.6 Å². The molecule has 2 bridgehead atoms. The van der Waals surface area contributed by atoms with Gasteiger partial charge < -0.3 is 11.1 Å². The molecule has 0 aromatic carbocycles. The number of likely N-dealkylation sites (tertiary alicyclic amines) is 1. The number of carbonyl (C=O) groups is 1. The molecule has 1 aliphatic heterocycles. The van der Waals surface area contributed by atoms with E-state index >= 15 is 0 Å². The molecule has 3 N–H and O–H groups in total. The van der Waals surface area contributed by atoms with Crippen molar-refractivity contribution in [3.63, 3.8) is 0 Å². The van der Waals surface area contributed by atoms with Crippen LogP contribution in [0.2, 0.25) is 0 Å². The minimum Gasteiger partial charge on any atom is -0.354 e. The Balaban J connectivity index is 0.00000156. The van der Waals surface area contributed by atoms with E-state index < -0.39 is 0 Å². The largest absolute Gasteiger partial charge is 0.354 e. The van der Waals surface area contributed by atoms with Crippen LogP contribution < -0.4 is 11.1 Å². The van der Waals surface area contributed by atoms with Gasteiger partial charge in [-0.2, -0.15) is 0 Å². The van der Waals surface area contributed by atoms with Gasteiger partial charge >= 0.3 is 0 Å². The van der Waals surface area contributed by atoms with Crippen LogP contribution in [0, 0.1) is 29.6 Å². The Kier molecular flexibility index (Phi) is 9.00.